The number of pyridine rings is 2. The molecule has 2 aromatic heterocycles. The zero-order valence-electron chi connectivity index (χ0n) is 13.0. The van der Waals surface area contributed by atoms with Gasteiger partial charge in [0.25, 0.3) is 0 Å². The molecule has 0 bridgehead atoms. The van der Waals surface area contributed by atoms with Gasteiger partial charge in [0.2, 0.25) is 10.0 Å². The summed E-state index contributed by atoms with van der Waals surface area (Å²) >= 11 is 0. The molecule has 122 valence electrons. The third kappa shape index (κ3) is 3.35. The molecule has 23 heavy (non-hydrogen) atoms. The maximum atomic E-state index is 12.7. The van der Waals surface area contributed by atoms with Crippen LogP contribution in [0.15, 0.2) is 47.8 Å². The molecule has 3 rings (SSSR count). The highest BCUT2D eigenvalue weighted by molar-refractivity contribution is 7.89. The minimum absolute atomic E-state index is 0.185. The molecule has 0 aliphatic carbocycles. The van der Waals surface area contributed by atoms with E-state index in [1.807, 2.05) is 19.2 Å². The van der Waals surface area contributed by atoms with E-state index in [0.29, 0.717) is 13.1 Å². The maximum Gasteiger partial charge on any atom is 0.244 e. The quantitative estimate of drug-likeness (QED) is 0.928. The van der Waals surface area contributed by atoms with Crippen LogP contribution in [-0.2, 0) is 10.0 Å². The molecule has 6 nitrogen and oxygen atoms in total. The monoisotopic (exact) mass is 332 g/mol. The van der Waals surface area contributed by atoms with Crippen molar-refractivity contribution in [1.82, 2.24) is 14.3 Å². The van der Waals surface area contributed by atoms with Crippen LogP contribution in [0.5, 0.6) is 0 Å². The number of rotatable bonds is 4. The van der Waals surface area contributed by atoms with E-state index in [0.717, 1.165) is 24.2 Å². The first-order valence-electron chi connectivity index (χ1n) is 7.65. The first-order valence-corrected chi connectivity index (χ1v) is 9.09. The molecule has 0 saturated carbocycles. The zero-order chi connectivity index (χ0) is 16.3. The van der Waals surface area contributed by atoms with Gasteiger partial charge < -0.3 is 5.32 Å². The largest absolute Gasteiger partial charge is 0.373 e. The molecular weight excluding hydrogens is 312 g/mol. The second-order valence-electron chi connectivity index (χ2n) is 5.62. The molecule has 1 N–H and O–H groups in total. The van der Waals surface area contributed by atoms with Gasteiger partial charge in [-0.15, -0.1) is 0 Å². The Hall–Kier alpha value is -1.99. The second-order valence-corrected chi connectivity index (χ2v) is 7.55. The Kier molecular flexibility index (Phi) is 4.58. The lowest BCUT2D eigenvalue weighted by atomic mass is 9.92. The minimum Gasteiger partial charge on any atom is -0.373 e. The van der Waals surface area contributed by atoms with Gasteiger partial charge in [-0.2, -0.15) is 4.31 Å². The summed E-state index contributed by atoms with van der Waals surface area (Å²) in [5, 5.41) is 3.02. The average molecular weight is 332 g/mol. The zero-order valence-corrected chi connectivity index (χ0v) is 13.8. The number of hydrogen-bond donors (Lipinski definition) is 1. The SMILES string of the molecule is CNc1cc([C@@H]2CCCN(S(=O)(=O)c3cccnc3)C2)ccn1. The van der Waals surface area contributed by atoms with E-state index >= 15 is 0 Å². The van der Waals surface area contributed by atoms with Gasteiger partial charge in [0.05, 0.1) is 0 Å². The summed E-state index contributed by atoms with van der Waals surface area (Å²) in [5.74, 6) is 0.986. The molecule has 1 aliphatic heterocycles. The Morgan fingerprint density at radius 2 is 2.17 bits per heavy atom. The van der Waals surface area contributed by atoms with E-state index in [9.17, 15) is 8.42 Å². The number of hydrogen-bond acceptors (Lipinski definition) is 5. The Labute approximate surface area is 136 Å². The Balaban J connectivity index is 1.83. The van der Waals surface area contributed by atoms with Crippen molar-refractivity contribution in [2.75, 3.05) is 25.5 Å². The topological polar surface area (TPSA) is 75.2 Å². The lowest BCUT2D eigenvalue weighted by Crippen LogP contribution is -2.39. The molecule has 1 aliphatic rings. The fourth-order valence-corrected chi connectivity index (χ4v) is 4.41. The Morgan fingerprint density at radius 1 is 1.30 bits per heavy atom. The van der Waals surface area contributed by atoms with Crippen LogP contribution in [0.25, 0.3) is 0 Å². The van der Waals surface area contributed by atoms with Gasteiger partial charge in [0, 0.05) is 38.7 Å². The minimum atomic E-state index is -3.48. The van der Waals surface area contributed by atoms with Gasteiger partial charge in [-0.1, -0.05) is 0 Å². The number of anilines is 1. The van der Waals surface area contributed by atoms with E-state index in [1.165, 1.54) is 6.20 Å². The van der Waals surface area contributed by atoms with Gasteiger partial charge in [0.1, 0.15) is 10.7 Å². The molecule has 0 amide bonds. The van der Waals surface area contributed by atoms with Crippen LogP contribution in [-0.4, -0.2) is 42.8 Å². The van der Waals surface area contributed by atoms with E-state index in [2.05, 4.69) is 15.3 Å². The molecule has 0 unspecified atom stereocenters. The Morgan fingerprint density at radius 3 is 2.91 bits per heavy atom. The fourth-order valence-electron chi connectivity index (χ4n) is 2.92. The summed E-state index contributed by atoms with van der Waals surface area (Å²) < 4.78 is 27.1. The van der Waals surface area contributed by atoms with Crippen molar-refractivity contribution in [3.8, 4) is 0 Å². The molecular formula is C16H20N4O2S. The van der Waals surface area contributed by atoms with E-state index in [4.69, 9.17) is 0 Å². The predicted molar refractivity (Wildman–Crippen MR) is 88.8 cm³/mol. The molecule has 0 aromatic carbocycles. The normalized spacial score (nSPS) is 19.4. The second kappa shape index (κ2) is 6.64. The van der Waals surface area contributed by atoms with Crippen molar-refractivity contribution in [3.63, 3.8) is 0 Å². The average Bonchev–Trinajstić information content (AvgIpc) is 2.62. The van der Waals surface area contributed by atoms with Crippen molar-refractivity contribution in [2.45, 2.75) is 23.7 Å². The smallest absolute Gasteiger partial charge is 0.244 e. The molecule has 2 aromatic rings. The lowest BCUT2D eigenvalue weighted by molar-refractivity contribution is 0.315. The maximum absolute atomic E-state index is 12.7. The molecule has 1 atom stereocenters. The van der Waals surface area contributed by atoms with Crippen LogP contribution in [0.1, 0.15) is 24.3 Å². The Bertz CT molecular complexity index is 765. The van der Waals surface area contributed by atoms with E-state index in [1.54, 1.807) is 28.8 Å². The van der Waals surface area contributed by atoms with Crippen molar-refractivity contribution in [1.29, 1.82) is 0 Å². The highest BCUT2D eigenvalue weighted by Crippen LogP contribution is 2.30. The number of piperidine rings is 1. The molecule has 1 saturated heterocycles. The highest BCUT2D eigenvalue weighted by Gasteiger charge is 2.31. The molecule has 0 radical (unpaired) electrons. The van der Waals surface area contributed by atoms with Gasteiger partial charge in [0.15, 0.2) is 0 Å². The summed E-state index contributed by atoms with van der Waals surface area (Å²) in [4.78, 5) is 8.40. The predicted octanol–water partition coefficient (Wildman–Crippen LogP) is 2.09. The summed E-state index contributed by atoms with van der Waals surface area (Å²) in [7, 11) is -1.65. The molecule has 1 fully saturated rings. The van der Waals surface area contributed by atoms with Crippen molar-refractivity contribution in [2.24, 2.45) is 0 Å². The van der Waals surface area contributed by atoms with Crippen LogP contribution in [0.3, 0.4) is 0 Å². The van der Waals surface area contributed by atoms with Crippen LogP contribution < -0.4 is 5.32 Å². The van der Waals surface area contributed by atoms with E-state index < -0.39 is 10.0 Å². The molecule has 7 heteroatoms. The first-order chi connectivity index (χ1) is 11.1. The lowest BCUT2D eigenvalue weighted by Gasteiger charge is -2.32. The molecule has 0 spiro atoms. The van der Waals surface area contributed by atoms with Crippen LogP contribution in [0.2, 0.25) is 0 Å². The molecule has 3 heterocycles. The standard InChI is InChI=1S/C16H20N4O2S/c1-17-16-10-13(6-8-19-16)14-4-3-9-20(12-14)23(21,22)15-5-2-7-18-11-15/h2,5-8,10-11,14H,3-4,9,12H2,1H3,(H,17,19)/t14-/m1/s1. The number of nitrogens with one attached hydrogen (secondary N) is 1. The van der Waals surface area contributed by atoms with Crippen molar-refractivity contribution < 1.29 is 8.42 Å². The summed E-state index contributed by atoms with van der Waals surface area (Å²) in [6.45, 7) is 1.04. The first kappa shape index (κ1) is 15.9. The van der Waals surface area contributed by atoms with E-state index in [-0.39, 0.29) is 10.8 Å². The van der Waals surface area contributed by atoms with Crippen LogP contribution in [0.4, 0.5) is 5.82 Å². The van der Waals surface area contributed by atoms with Gasteiger partial charge in [-0.25, -0.2) is 13.4 Å². The summed E-state index contributed by atoms with van der Waals surface area (Å²) in [6, 6.07) is 7.20. The number of sulfonamides is 1. The fraction of sp³-hybridized carbons (Fsp3) is 0.375. The number of aromatic nitrogens is 2. The third-order valence-corrected chi connectivity index (χ3v) is 6.02. The van der Waals surface area contributed by atoms with Gasteiger partial charge in [-0.05, 0) is 48.6 Å². The van der Waals surface area contributed by atoms with Crippen molar-refractivity contribution in [3.05, 3.63) is 48.4 Å². The van der Waals surface area contributed by atoms with Gasteiger partial charge in [-0.3, -0.25) is 4.98 Å². The van der Waals surface area contributed by atoms with Gasteiger partial charge >= 0.3 is 0 Å². The summed E-state index contributed by atoms with van der Waals surface area (Å²) in [6.07, 6.45) is 6.57. The van der Waals surface area contributed by atoms with Crippen LogP contribution >= 0.6 is 0 Å². The summed E-state index contributed by atoms with van der Waals surface area (Å²) in [5.41, 5.74) is 1.12. The third-order valence-electron chi connectivity index (χ3n) is 4.17. The highest BCUT2D eigenvalue weighted by atomic mass is 32.2. The number of nitrogens with zero attached hydrogens (tertiary/aromatic N) is 3. The van der Waals surface area contributed by atoms with Crippen LogP contribution in [0, 0.1) is 0 Å². The van der Waals surface area contributed by atoms with Crippen molar-refractivity contribution >= 4 is 15.8 Å².